The number of nitrogens with zero attached hydrogens (tertiary/aromatic N) is 1. The fourth-order valence-electron chi connectivity index (χ4n) is 2.57. The van der Waals surface area contributed by atoms with Crippen molar-refractivity contribution < 1.29 is 4.74 Å². The highest BCUT2D eigenvalue weighted by atomic mass is 16.5. The maximum absolute atomic E-state index is 12.0. The third kappa shape index (κ3) is 2.80. The van der Waals surface area contributed by atoms with Gasteiger partial charge in [0.2, 0.25) is 0 Å². The second-order valence-electron chi connectivity index (χ2n) is 5.11. The number of hydrogen-bond donors (Lipinski definition) is 0. The summed E-state index contributed by atoms with van der Waals surface area (Å²) in [4.78, 5) is 0. The monoisotopic (exact) mass is 263 g/mol. The van der Waals surface area contributed by atoms with Crippen LogP contribution in [0.2, 0.25) is 0 Å². The zero-order valence-electron chi connectivity index (χ0n) is 11.3. The first kappa shape index (κ1) is 12.7. The van der Waals surface area contributed by atoms with E-state index in [-0.39, 0.29) is 0 Å². The van der Waals surface area contributed by atoms with E-state index in [9.17, 15) is 5.21 Å². The van der Waals surface area contributed by atoms with Crippen LogP contribution in [-0.4, -0.2) is 17.0 Å². The van der Waals surface area contributed by atoms with E-state index in [2.05, 4.69) is 24.3 Å². The van der Waals surface area contributed by atoms with Crippen LogP contribution >= 0.6 is 0 Å². The molecule has 0 radical (unpaired) electrons. The zero-order valence-corrected chi connectivity index (χ0v) is 11.3. The molecule has 0 fully saturated rings. The van der Waals surface area contributed by atoms with E-state index in [0.717, 1.165) is 22.4 Å². The molecule has 2 heteroatoms. The lowest BCUT2D eigenvalue weighted by Crippen LogP contribution is -2.08. The average Bonchev–Trinajstić information content (AvgIpc) is 2.88. The average molecular weight is 263 g/mol. The van der Waals surface area contributed by atoms with Crippen LogP contribution in [-0.2, 0) is 0 Å². The molecule has 2 nitrogen and oxygen atoms in total. The molecule has 0 amide bonds. The van der Waals surface area contributed by atoms with Gasteiger partial charge in [0.15, 0.2) is 12.3 Å². The highest BCUT2D eigenvalue weighted by molar-refractivity contribution is 5.97. The van der Waals surface area contributed by atoms with Crippen LogP contribution in [0.3, 0.4) is 0 Å². The van der Waals surface area contributed by atoms with Crippen LogP contribution in [0.4, 0.5) is 0 Å². The molecule has 0 aliphatic carbocycles. The first-order valence-corrected chi connectivity index (χ1v) is 6.92. The van der Waals surface area contributed by atoms with Crippen molar-refractivity contribution in [2.75, 3.05) is 6.54 Å². The lowest BCUT2D eigenvalue weighted by Gasteiger charge is -2.01. The Morgan fingerprint density at radius 2 is 1.60 bits per heavy atom. The molecule has 1 atom stereocenters. The van der Waals surface area contributed by atoms with Gasteiger partial charge in [-0.2, -0.15) is 0 Å². The minimum atomic E-state index is 0.294. The molecule has 0 N–H and O–H groups in total. The first-order chi connectivity index (χ1) is 9.83. The van der Waals surface area contributed by atoms with E-state index < -0.39 is 0 Å². The second kappa shape index (κ2) is 5.74. The van der Waals surface area contributed by atoms with Gasteiger partial charge in [-0.3, -0.25) is 0 Å². The van der Waals surface area contributed by atoms with Gasteiger partial charge in [0.25, 0.3) is 0 Å². The van der Waals surface area contributed by atoms with Gasteiger partial charge in [0.1, 0.15) is 0 Å². The van der Waals surface area contributed by atoms with Crippen LogP contribution in [0.1, 0.15) is 17.5 Å². The number of hydrogen-bond acceptors (Lipinski definition) is 1. The maximum Gasteiger partial charge on any atom is 0.195 e. The Morgan fingerprint density at radius 1 is 0.950 bits per heavy atom. The van der Waals surface area contributed by atoms with E-state index in [1.54, 1.807) is 0 Å². The predicted molar refractivity (Wildman–Crippen MR) is 82.6 cm³/mol. The summed E-state index contributed by atoms with van der Waals surface area (Å²) in [7, 11) is 0. The van der Waals surface area contributed by atoms with Crippen molar-refractivity contribution in [2.24, 2.45) is 5.92 Å². The molecule has 0 aromatic heterocycles. The van der Waals surface area contributed by atoms with Gasteiger partial charge in [-0.1, -0.05) is 60.7 Å². The largest absolute Gasteiger partial charge is 0.624 e. The van der Waals surface area contributed by atoms with E-state index in [1.165, 1.54) is 5.56 Å². The highest BCUT2D eigenvalue weighted by Gasteiger charge is 2.27. The third-order valence-electron chi connectivity index (χ3n) is 3.62. The standard InChI is InChI=1S/C18H17NO/c20-19-14-16(12-11-15-7-3-1-4-8-15)13-18(19)17-9-5-2-6-10-17/h1-12,16H,13-14H2/b12-11+/t16-/m0/s1. The summed E-state index contributed by atoms with van der Waals surface area (Å²) in [6.07, 6.45) is 5.07. The van der Waals surface area contributed by atoms with Crippen LogP contribution in [0.5, 0.6) is 0 Å². The first-order valence-electron chi connectivity index (χ1n) is 6.92. The quantitative estimate of drug-likeness (QED) is 0.612. The SMILES string of the molecule is [O-][N+]1=C(c2ccccc2)C[C@H](/C=C/c2ccccc2)C1. The highest BCUT2D eigenvalue weighted by Crippen LogP contribution is 2.20. The van der Waals surface area contributed by atoms with Crippen LogP contribution in [0, 0.1) is 11.1 Å². The van der Waals surface area contributed by atoms with Crippen LogP contribution in [0.15, 0.2) is 66.7 Å². The van der Waals surface area contributed by atoms with Crippen molar-refractivity contribution in [3.8, 4) is 0 Å². The topological polar surface area (TPSA) is 26.1 Å². The Labute approximate surface area is 119 Å². The lowest BCUT2D eigenvalue weighted by molar-refractivity contribution is -0.452. The van der Waals surface area contributed by atoms with Gasteiger partial charge in [-0.15, -0.1) is 0 Å². The molecule has 2 aromatic rings. The molecule has 1 heterocycles. The Bertz CT molecular complexity index is 629. The number of rotatable bonds is 3. The minimum absolute atomic E-state index is 0.294. The van der Waals surface area contributed by atoms with Crippen LogP contribution < -0.4 is 0 Å². The minimum Gasteiger partial charge on any atom is -0.624 e. The Kier molecular flexibility index (Phi) is 3.64. The van der Waals surface area contributed by atoms with Crippen molar-refractivity contribution in [1.29, 1.82) is 0 Å². The van der Waals surface area contributed by atoms with Gasteiger partial charge in [0, 0.05) is 17.9 Å². The molecular weight excluding hydrogens is 246 g/mol. The van der Waals surface area contributed by atoms with Gasteiger partial charge < -0.3 is 5.21 Å². The van der Waals surface area contributed by atoms with Gasteiger partial charge >= 0.3 is 0 Å². The van der Waals surface area contributed by atoms with Gasteiger partial charge in [-0.25, -0.2) is 4.74 Å². The molecule has 3 rings (SSSR count). The van der Waals surface area contributed by atoms with Crippen LogP contribution in [0.25, 0.3) is 6.08 Å². The smallest absolute Gasteiger partial charge is 0.195 e. The van der Waals surface area contributed by atoms with Crippen molar-refractivity contribution >= 4 is 11.8 Å². The van der Waals surface area contributed by atoms with Gasteiger partial charge in [-0.05, 0) is 17.7 Å². The fourth-order valence-corrected chi connectivity index (χ4v) is 2.57. The van der Waals surface area contributed by atoms with Crippen molar-refractivity contribution in [3.63, 3.8) is 0 Å². The van der Waals surface area contributed by atoms with Crippen molar-refractivity contribution in [2.45, 2.75) is 6.42 Å². The number of benzene rings is 2. The summed E-state index contributed by atoms with van der Waals surface area (Å²) >= 11 is 0. The summed E-state index contributed by atoms with van der Waals surface area (Å²) < 4.78 is 1.13. The molecule has 0 bridgehead atoms. The summed E-state index contributed by atoms with van der Waals surface area (Å²) in [5, 5.41) is 12.0. The molecule has 0 saturated carbocycles. The zero-order chi connectivity index (χ0) is 13.8. The second-order valence-corrected chi connectivity index (χ2v) is 5.11. The van der Waals surface area contributed by atoms with Gasteiger partial charge in [0.05, 0.1) is 0 Å². The summed E-state index contributed by atoms with van der Waals surface area (Å²) in [5.74, 6) is 0.294. The molecular formula is C18H17NO. The van der Waals surface area contributed by atoms with Crippen molar-refractivity contribution in [1.82, 2.24) is 0 Å². The summed E-state index contributed by atoms with van der Waals surface area (Å²) in [6.45, 7) is 0.549. The van der Waals surface area contributed by atoms with E-state index in [4.69, 9.17) is 0 Å². The van der Waals surface area contributed by atoms with E-state index in [0.29, 0.717) is 12.5 Å². The molecule has 20 heavy (non-hydrogen) atoms. The molecule has 0 spiro atoms. The molecule has 2 aromatic carbocycles. The molecule has 1 aliphatic heterocycles. The fraction of sp³-hybridized carbons (Fsp3) is 0.167. The van der Waals surface area contributed by atoms with E-state index in [1.807, 2.05) is 48.5 Å². The summed E-state index contributed by atoms with van der Waals surface area (Å²) in [6, 6.07) is 20.1. The third-order valence-corrected chi connectivity index (χ3v) is 3.62. The lowest BCUT2D eigenvalue weighted by atomic mass is 10.00. The van der Waals surface area contributed by atoms with E-state index >= 15 is 0 Å². The Morgan fingerprint density at radius 3 is 2.30 bits per heavy atom. The summed E-state index contributed by atoms with van der Waals surface area (Å²) in [5.41, 5.74) is 3.12. The number of hydroxylamine groups is 1. The molecule has 0 saturated heterocycles. The maximum atomic E-state index is 12.0. The Hall–Kier alpha value is -2.35. The molecule has 1 aliphatic rings. The molecule has 0 unspecified atom stereocenters. The molecule has 100 valence electrons. The van der Waals surface area contributed by atoms with Crippen molar-refractivity contribution in [3.05, 3.63) is 83.1 Å². The Balaban J connectivity index is 1.71. The predicted octanol–water partition coefficient (Wildman–Crippen LogP) is 3.72. The normalized spacial score (nSPS) is 18.9.